The van der Waals surface area contributed by atoms with Gasteiger partial charge in [0, 0.05) is 41.0 Å². The number of nitrogens with zero attached hydrogens (tertiary/aromatic N) is 2. The summed E-state index contributed by atoms with van der Waals surface area (Å²) in [5.74, 6) is -0.0485. The second-order valence-corrected chi connectivity index (χ2v) is 8.72. The molecule has 2 amide bonds. The third-order valence-corrected chi connectivity index (χ3v) is 6.06. The standard InChI is InChI=1S/C26H26ClN3O2/c1-17-5-3-8-22(15-17)29-25(31)23-10-9-18(2)28-24(23)19-11-13-30(14-12-19)26(32)20-6-4-7-21(27)16-20/h3-10,15-16,19H,11-14H2,1-2H3,(H,29,31). The fraction of sp³-hybridized carbons (Fsp3) is 0.269. The highest BCUT2D eigenvalue weighted by atomic mass is 35.5. The van der Waals surface area contributed by atoms with Crippen molar-refractivity contribution >= 4 is 29.1 Å². The van der Waals surface area contributed by atoms with E-state index in [2.05, 4.69) is 5.32 Å². The molecule has 0 spiro atoms. The first-order valence-electron chi connectivity index (χ1n) is 10.8. The quantitative estimate of drug-likeness (QED) is 0.564. The van der Waals surface area contributed by atoms with Gasteiger partial charge in [0.05, 0.1) is 11.3 Å². The monoisotopic (exact) mass is 447 g/mol. The Labute approximate surface area is 193 Å². The number of aryl methyl sites for hydroxylation is 2. The van der Waals surface area contributed by atoms with E-state index >= 15 is 0 Å². The first-order chi connectivity index (χ1) is 15.4. The number of pyridine rings is 1. The first kappa shape index (κ1) is 22.0. The van der Waals surface area contributed by atoms with E-state index in [1.54, 1.807) is 24.3 Å². The van der Waals surface area contributed by atoms with Gasteiger partial charge in [0.25, 0.3) is 11.8 Å². The second-order valence-electron chi connectivity index (χ2n) is 8.29. The summed E-state index contributed by atoms with van der Waals surface area (Å²) in [6.45, 7) is 5.16. The summed E-state index contributed by atoms with van der Waals surface area (Å²) in [7, 11) is 0. The van der Waals surface area contributed by atoms with E-state index in [0.29, 0.717) is 29.2 Å². The van der Waals surface area contributed by atoms with Crippen molar-refractivity contribution in [1.82, 2.24) is 9.88 Å². The summed E-state index contributed by atoms with van der Waals surface area (Å²) in [6, 6.07) is 18.5. The van der Waals surface area contributed by atoms with Crippen molar-refractivity contribution in [2.24, 2.45) is 0 Å². The van der Waals surface area contributed by atoms with Gasteiger partial charge in [-0.2, -0.15) is 0 Å². The maximum Gasteiger partial charge on any atom is 0.257 e. The van der Waals surface area contributed by atoms with Gasteiger partial charge in [-0.05, 0) is 74.7 Å². The van der Waals surface area contributed by atoms with Crippen LogP contribution < -0.4 is 5.32 Å². The number of carbonyl (C=O) groups is 2. The molecule has 1 fully saturated rings. The Morgan fingerprint density at radius 2 is 1.75 bits per heavy atom. The molecule has 0 saturated carbocycles. The highest BCUT2D eigenvalue weighted by Crippen LogP contribution is 2.30. The van der Waals surface area contributed by atoms with Gasteiger partial charge < -0.3 is 10.2 Å². The average Bonchev–Trinajstić information content (AvgIpc) is 2.78. The summed E-state index contributed by atoms with van der Waals surface area (Å²) in [5.41, 5.74) is 4.74. The zero-order valence-corrected chi connectivity index (χ0v) is 19.0. The number of piperidine rings is 1. The van der Waals surface area contributed by atoms with Gasteiger partial charge >= 0.3 is 0 Å². The van der Waals surface area contributed by atoms with Crippen molar-refractivity contribution in [2.45, 2.75) is 32.6 Å². The molecule has 1 aliphatic heterocycles. The molecule has 1 aromatic heterocycles. The number of benzene rings is 2. The number of anilines is 1. The van der Waals surface area contributed by atoms with Crippen LogP contribution in [-0.4, -0.2) is 34.8 Å². The molecule has 0 unspecified atom stereocenters. The van der Waals surface area contributed by atoms with Crippen LogP contribution in [0.4, 0.5) is 5.69 Å². The Hall–Kier alpha value is -3.18. The SMILES string of the molecule is Cc1cccc(NC(=O)c2ccc(C)nc2C2CCN(C(=O)c3cccc(Cl)c3)CC2)c1. The Morgan fingerprint density at radius 3 is 2.47 bits per heavy atom. The lowest BCUT2D eigenvalue weighted by atomic mass is 9.89. The molecular weight excluding hydrogens is 422 g/mol. The lowest BCUT2D eigenvalue weighted by Crippen LogP contribution is -2.38. The largest absolute Gasteiger partial charge is 0.339 e. The predicted molar refractivity (Wildman–Crippen MR) is 127 cm³/mol. The Morgan fingerprint density at radius 1 is 1.00 bits per heavy atom. The summed E-state index contributed by atoms with van der Waals surface area (Å²) < 4.78 is 0. The summed E-state index contributed by atoms with van der Waals surface area (Å²) in [4.78, 5) is 32.5. The minimum atomic E-state index is -0.157. The van der Waals surface area contributed by atoms with Crippen LogP contribution in [0.15, 0.2) is 60.7 Å². The molecule has 0 radical (unpaired) electrons. The Bertz CT molecular complexity index is 1150. The molecule has 6 heteroatoms. The van der Waals surface area contributed by atoms with E-state index in [4.69, 9.17) is 16.6 Å². The van der Waals surface area contributed by atoms with E-state index < -0.39 is 0 Å². The molecule has 0 atom stereocenters. The lowest BCUT2D eigenvalue weighted by Gasteiger charge is -2.32. The summed E-state index contributed by atoms with van der Waals surface area (Å²) >= 11 is 6.04. The van der Waals surface area contributed by atoms with Crippen molar-refractivity contribution in [3.8, 4) is 0 Å². The number of likely N-dealkylation sites (tertiary alicyclic amines) is 1. The van der Waals surface area contributed by atoms with Crippen LogP contribution in [0.25, 0.3) is 0 Å². The third-order valence-electron chi connectivity index (χ3n) is 5.82. The molecule has 0 bridgehead atoms. The van der Waals surface area contributed by atoms with Gasteiger partial charge in [-0.15, -0.1) is 0 Å². The van der Waals surface area contributed by atoms with Crippen molar-refractivity contribution in [3.63, 3.8) is 0 Å². The van der Waals surface area contributed by atoms with Crippen LogP contribution in [0.5, 0.6) is 0 Å². The number of amides is 2. The van der Waals surface area contributed by atoms with Crippen molar-refractivity contribution in [2.75, 3.05) is 18.4 Å². The summed E-state index contributed by atoms with van der Waals surface area (Å²) in [5, 5.41) is 3.55. The molecule has 1 saturated heterocycles. The van der Waals surface area contributed by atoms with Gasteiger partial charge in [-0.3, -0.25) is 14.6 Å². The highest BCUT2D eigenvalue weighted by molar-refractivity contribution is 6.30. The average molecular weight is 448 g/mol. The normalized spacial score (nSPS) is 14.3. The van der Waals surface area contributed by atoms with Gasteiger partial charge in [-0.25, -0.2) is 0 Å². The van der Waals surface area contributed by atoms with Gasteiger partial charge in [0.2, 0.25) is 0 Å². The molecule has 1 aliphatic rings. The number of carbonyl (C=O) groups excluding carboxylic acids is 2. The smallest absolute Gasteiger partial charge is 0.257 e. The fourth-order valence-electron chi connectivity index (χ4n) is 4.16. The van der Waals surface area contributed by atoms with Crippen LogP contribution in [0.1, 0.15) is 56.4 Å². The molecule has 5 nitrogen and oxygen atoms in total. The van der Waals surface area contributed by atoms with Crippen LogP contribution in [0.2, 0.25) is 5.02 Å². The zero-order chi connectivity index (χ0) is 22.7. The van der Waals surface area contributed by atoms with E-state index in [9.17, 15) is 9.59 Å². The molecule has 3 aromatic rings. The maximum atomic E-state index is 13.1. The van der Waals surface area contributed by atoms with Gasteiger partial charge in [-0.1, -0.05) is 29.8 Å². The predicted octanol–water partition coefficient (Wildman–Crippen LogP) is 5.62. The van der Waals surface area contributed by atoms with E-state index in [-0.39, 0.29) is 17.7 Å². The van der Waals surface area contributed by atoms with E-state index in [1.165, 1.54) is 0 Å². The first-order valence-corrected chi connectivity index (χ1v) is 11.2. The maximum absolute atomic E-state index is 13.1. The van der Waals surface area contributed by atoms with Crippen molar-refractivity contribution < 1.29 is 9.59 Å². The minimum absolute atomic E-state index is 0.0134. The number of rotatable bonds is 4. The van der Waals surface area contributed by atoms with Crippen LogP contribution in [0, 0.1) is 13.8 Å². The van der Waals surface area contributed by atoms with Crippen LogP contribution in [0.3, 0.4) is 0 Å². The zero-order valence-electron chi connectivity index (χ0n) is 18.3. The van der Waals surface area contributed by atoms with Crippen LogP contribution in [-0.2, 0) is 0 Å². The third kappa shape index (κ3) is 5.00. The number of aromatic nitrogens is 1. The lowest BCUT2D eigenvalue weighted by molar-refractivity contribution is 0.0711. The van der Waals surface area contributed by atoms with Crippen LogP contribution >= 0.6 is 11.6 Å². The van der Waals surface area contributed by atoms with E-state index in [0.717, 1.165) is 35.5 Å². The molecule has 4 rings (SSSR count). The molecule has 2 heterocycles. The molecule has 164 valence electrons. The minimum Gasteiger partial charge on any atom is -0.339 e. The number of hydrogen-bond acceptors (Lipinski definition) is 3. The number of hydrogen-bond donors (Lipinski definition) is 1. The number of nitrogens with one attached hydrogen (secondary N) is 1. The molecule has 2 aromatic carbocycles. The molecular formula is C26H26ClN3O2. The molecule has 32 heavy (non-hydrogen) atoms. The Kier molecular flexibility index (Phi) is 6.56. The number of halogens is 1. The van der Waals surface area contributed by atoms with Gasteiger partial charge in [0.15, 0.2) is 0 Å². The Balaban J connectivity index is 1.49. The highest BCUT2D eigenvalue weighted by Gasteiger charge is 2.28. The topological polar surface area (TPSA) is 62.3 Å². The molecule has 0 aliphatic carbocycles. The van der Waals surface area contributed by atoms with Gasteiger partial charge in [0.1, 0.15) is 0 Å². The van der Waals surface area contributed by atoms with Crippen molar-refractivity contribution in [3.05, 3.63) is 93.8 Å². The fourth-order valence-corrected chi connectivity index (χ4v) is 4.35. The molecule has 1 N–H and O–H groups in total. The van der Waals surface area contributed by atoms with Crippen molar-refractivity contribution in [1.29, 1.82) is 0 Å². The second kappa shape index (κ2) is 9.53. The summed E-state index contributed by atoms with van der Waals surface area (Å²) in [6.07, 6.45) is 1.51. The van der Waals surface area contributed by atoms with E-state index in [1.807, 2.05) is 55.1 Å².